The molecule has 1 aromatic rings. The van der Waals surface area contributed by atoms with Crippen LogP contribution in [0.1, 0.15) is 36.5 Å². The van der Waals surface area contributed by atoms with Crippen molar-refractivity contribution in [3.63, 3.8) is 0 Å². The third-order valence-corrected chi connectivity index (χ3v) is 4.61. The number of nitrogens with zero attached hydrogens (tertiary/aromatic N) is 2. The van der Waals surface area contributed by atoms with E-state index in [1.807, 2.05) is 6.08 Å². The molecule has 0 radical (unpaired) electrons. The van der Waals surface area contributed by atoms with E-state index < -0.39 is 0 Å². The monoisotopic (exact) mass is 470 g/mol. The van der Waals surface area contributed by atoms with Crippen molar-refractivity contribution in [1.82, 2.24) is 15.5 Å². The van der Waals surface area contributed by atoms with Crippen molar-refractivity contribution in [2.24, 2.45) is 4.99 Å². The van der Waals surface area contributed by atoms with Gasteiger partial charge < -0.3 is 10.6 Å². The van der Waals surface area contributed by atoms with E-state index in [-0.39, 0.29) is 24.0 Å². The fraction of sp³-hybridized carbons (Fsp3) is 0.571. The normalized spacial score (nSPS) is 16.0. The van der Waals surface area contributed by atoms with Gasteiger partial charge in [-0.2, -0.15) is 0 Å². The van der Waals surface area contributed by atoms with Crippen LogP contribution in [-0.4, -0.2) is 49.6 Å². The van der Waals surface area contributed by atoms with Crippen LogP contribution in [0.25, 0.3) is 0 Å². The first-order valence-electron chi connectivity index (χ1n) is 9.56. The third kappa shape index (κ3) is 8.08. The van der Waals surface area contributed by atoms with Crippen molar-refractivity contribution in [2.75, 3.05) is 32.7 Å². The number of hydrogen-bond donors (Lipinski definition) is 2. The highest BCUT2D eigenvalue weighted by molar-refractivity contribution is 14.0. The van der Waals surface area contributed by atoms with E-state index in [1.54, 1.807) is 0 Å². The zero-order chi connectivity index (χ0) is 18.1. The minimum Gasteiger partial charge on any atom is -0.357 e. The summed E-state index contributed by atoms with van der Waals surface area (Å²) in [7, 11) is 0. The van der Waals surface area contributed by atoms with Crippen molar-refractivity contribution in [3.8, 4) is 0 Å². The van der Waals surface area contributed by atoms with E-state index in [2.05, 4.69) is 61.1 Å². The van der Waals surface area contributed by atoms with Gasteiger partial charge in [-0.25, -0.2) is 0 Å². The Labute approximate surface area is 176 Å². The van der Waals surface area contributed by atoms with Gasteiger partial charge in [0.25, 0.3) is 0 Å². The second-order valence-corrected chi connectivity index (χ2v) is 7.01. The number of rotatable bonds is 7. The number of aliphatic imine (C=N–C) groups is 1. The minimum absolute atomic E-state index is 0. The highest BCUT2D eigenvalue weighted by atomic mass is 127. The molecule has 0 unspecified atom stereocenters. The first-order valence-corrected chi connectivity index (χ1v) is 9.56. The Bertz CT molecular complexity index is 557. The van der Waals surface area contributed by atoms with Crippen LogP contribution in [0.15, 0.2) is 35.8 Å². The van der Waals surface area contributed by atoms with Crippen LogP contribution in [-0.2, 0) is 6.42 Å². The maximum Gasteiger partial charge on any atom is 0.191 e. The van der Waals surface area contributed by atoms with Gasteiger partial charge in [-0.15, -0.1) is 30.6 Å². The Morgan fingerprint density at radius 3 is 2.46 bits per heavy atom. The molecular formula is C21H35IN4. The summed E-state index contributed by atoms with van der Waals surface area (Å²) >= 11 is 0. The standard InChI is InChI=1S/C21H34N4.HI/c1-5-11-25-12-8-20(9-13-25)24-21(22-6-2)23-10-7-19-15-17(3)14-18(4)16-19;/h5,14-16,20H,1,6-13H2,2-4H3,(H2,22,23,24);1H. The second-order valence-electron chi connectivity index (χ2n) is 7.01. The number of benzene rings is 1. The summed E-state index contributed by atoms with van der Waals surface area (Å²) in [6.07, 6.45) is 5.30. The molecule has 1 fully saturated rings. The highest BCUT2D eigenvalue weighted by Crippen LogP contribution is 2.11. The Morgan fingerprint density at radius 1 is 1.23 bits per heavy atom. The SMILES string of the molecule is C=CCN1CCC(NC(=NCCc2cc(C)cc(C)c2)NCC)CC1.I. The summed E-state index contributed by atoms with van der Waals surface area (Å²) < 4.78 is 0. The minimum atomic E-state index is 0. The van der Waals surface area contributed by atoms with Gasteiger partial charge >= 0.3 is 0 Å². The van der Waals surface area contributed by atoms with E-state index in [0.29, 0.717) is 6.04 Å². The average molecular weight is 470 g/mol. The lowest BCUT2D eigenvalue weighted by Gasteiger charge is -2.32. The van der Waals surface area contributed by atoms with Gasteiger partial charge in [0.15, 0.2) is 5.96 Å². The lowest BCUT2D eigenvalue weighted by atomic mass is 10.1. The zero-order valence-electron chi connectivity index (χ0n) is 16.6. The number of piperidine rings is 1. The molecule has 1 aliphatic rings. The summed E-state index contributed by atoms with van der Waals surface area (Å²) in [6.45, 7) is 15.2. The van der Waals surface area contributed by atoms with E-state index in [0.717, 1.165) is 57.9 Å². The Morgan fingerprint density at radius 2 is 1.88 bits per heavy atom. The Kier molecular flexibility index (Phi) is 10.9. The Hall–Kier alpha value is -1.08. The molecule has 0 aliphatic carbocycles. The first kappa shape index (κ1) is 23.0. The molecule has 146 valence electrons. The van der Waals surface area contributed by atoms with Crippen molar-refractivity contribution < 1.29 is 0 Å². The molecule has 0 atom stereocenters. The molecule has 0 aromatic heterocycles. The molecule has 5 heteroatoms. The summed E-state index contributed by atoms with van der Waals surface area (Å²) in [6, 6.07) is 7.26. The quantitative estimate of drug-likeness (QED) is 0.277. The Balaban J connectivity index is 0.00000338. The smallest absolute Gasteiger partial charge is 0.191 e. The van der Waals surface area contributed by atoms with E-state index >= 15 is 0 Å². The van der Waals surface area contributed by atoms with Crippen molar-refractivity contribution in [2.45, 2.75) is 46.1 Å². The average Bonchev–Trinajstić information content (AvgIpc) is 2.56. The third-order valence-electron chi connectivity index (χ3n) is 4.61. The van der Waals surface area contributed by atoms with Gasteiger partial charge in [-0.1, -0.05) is 35.4 Å². The van der Waals surface area contributed by atoms with E-state index in [4.69, 9.17) is 4.99 Å². The van der Waals surface area contributed by atoms with Crippen LogP contribution in [0.5, 0.6) is 0 Å². The van der Waals surface area contributed by atoms with Gasteiger partial charge in [0.1, 0.15) is 0 Å². The van der Waals surface area contributed by atoms with Gasteiger partial charge in [-0.05, 0) is 45.6 Å². The van der Waals surface area contributed by atoms with E-state index in [1.165, 1.54) is 16.7 Å². The van der Waals surface area contributed by atoms with Gasteiger partial charge in [-0.3, -0.25) is 9.89 Å². The fourth-order valence-corrected chi connectivity index (χ4v) is 3.47. The van der Waals surface area contributed by atoms with Crippen LogP contribution in [0.3, 0.4) is 0 Å². The molecular weight excluding hydrogens is 435 g/mol. The van der Waals surface area contributed by atoms with Crippen LogP contribution in [0.4, 0.5) is 0 Å². The van der Waals surface area contributed by atoms with Crippen LogP contribution >= 0.6 is 24.0 Å². The van der Waals surface area contributed by atoms with Crippen molar-refractivity contribution >= 4 is 29.9 Å². The predicted octanol–water partition coefficient (Wildman–Crippen LogP) is 3.67. The topological polar surface area (TPSA) is 39.7 Å². The number of likely N-dealkylation sites (tertiary alicyclic amines) is 1. The number of nitrogens with one attached hydrogen (secondary N) is 2. The molecule has 0 amide bonds. The van der Waals surface area contributed by atoms with E-state index in [9.17, 15) is 0 Å². The number of guanidine groups is 1. The fourth-order valence-electron chi connectivity index (χ4n) is 3.47. The number of halogens is 1. The predicted molar refractivity (Wildman–Crippen MR) is 124 cm³/mol. The second kappa shape index (κ2) is 12.3. The largest absolute Gasteiger partial charge is 0.357 e. The number of aryl methyl sites for hydroxylation is 2. The van der Waals surface area contributed by atoms with Crippen LogP contribution in [0.2, 0.25) is 0 Å². The van der Waals surface area contributed by atoms with Crippen LogP contribution in [0, 0.1) is 13.8 Å². The number of hydrogen-bond acceptors (Lipinski definition) is 2. The summed E-state index contributed by atoms with van der Waals surface area (Å²) in [5.41, 5.74) is 4.03. The lowest BCUT2D eigenvalue weighted by Crippen LogP contribution is -2.48. The molecule has 0 spiro atoms. The lowest BCUT2D eigenvalue weighted by molar-refractivity contribution is 0.225. The van der Waals surface area contributed by atoms with Gasteiger partial charge in [0.2, 0.25) is 0 Å². The summed E-state index contributed by atoms with van der Waals surface area (Å²) in [4.78, 5) is 7.24. The molecule has 0 saturated carbocycles. The van der Waals surface area contributed by atoms with Crippen molar-refractivity contribution in [3.05, 3.63) is 47.5 Å². The molecule has 1 aliphatic heterocycles. The molecule has 1 heterocycles. The first-order chi connectivity index (χ1) is 12.1. The van der Waals surface area contributed by atoms with Gasteiger partial charge in [0.05, 0.1) is 0 Å². The van der Waals surface area contributed by atoms with Gasteiger partial charge in [0, 0.05) is 38.8 Å². The molecule has 2 rings (SSSR count). The molecule has 4 nitrogen and oxygen atoms in total. The maximum atomic E-state index is 4.78. The highest BCUT2D eigenvalue weighted by Gasteiger charge is 2.18. The molecule has 26 heavy (non-hydrogen) atoms. The summed E-state index contributed by atoms with van der Waals surface area (Å²) in [5, 5.41) is 7.00. The maximum absolute atomic E-state index is 4.78. The van der Waals surface area contributed by atoms with Crippen molar-refractivity contribution in [1.29, 1.82) is 0 Å². The van der Waals surface area contributed by atoms with Crippen LogP contribution < -0.4 is 10.6 Å². The summed E-state index contributed by atoms with van der Waals surface area (Å²) in [5.74, 6) is 0.953. The molecule has 1 saturated heterocycles. The zero-order valence-corrected chi connectivity index (χ0v) is 18.9. The molecule has 2 N–H and O–H groups in total. The molecule has 1 aromatic carbocycles. The molecule has 0 bridgehead atoms.